The number of nitrogens with zero attached hydrogens (tertiary/aromatic N) is 4. The molecule has 1 aliphatic rings. The number of methoxy groups -OCH3 is 1. The van der Waals surface area contributed by atoms with Crippen LogP contribution in [0.3, 0.4) is 0 Å². The van der Waals surface area contributed by atoms with Crippen LogP contribution in [0.5, 0.6) is 0 Å². The average Bonchev–Trinajstić information content (AvgIpc) is 3.23. The lowest BCUT2D eigenvalue weighted by Gasteiger charge is -2.20. The second-order valence-electron chi connectivity index (χ2n) is 5.41. The first-order valence-electron chi connectivity index (χ1n) is 7.20. The lowest BCUT2D eigenvalue weighted by molar-refractivity contribution is 0.117. The van der Waals surface area contributed by atoms with Gasteiger partial charge in [0.25, 0.3) is 0 Å². The SMILES string of the molecule is CO[C@H]1C[C@H](c2nc(C)no2)N(c2nc3ccccc3s2)C1. The second kappa shape index (κ2) is 5.33. The quantitative estimate of drug-likeness (QED) is 0.740. The van der Waals surface area contributed by atoms with Gasteiger partial charge in [-0.2, -0.15) is 4.98 Å². The summed E-state index contributed by atoms with van der Waals surface area (Å²) in [5, 5.41) is 4.89. The number of ether oxygens (including phenoxy) is 1. The van der Waals surface area contributed by atoms with Crippen molar-refractivity contribution in [2.75, 3.05) is 18.6 Å². The van der Waals surface area contributed by atoms with E-state index >= 15 is 0 Å². The normalized spacial score (nSPS) is 21.8. The highest BCUT2D eigenvalue weighted by molar-refractivity contribution is 7.22. The Labute approximate surface area is 131 Å². The highest BCUT2D eigenvalue weighted by Gasteiger charge is 2.38. The second-order valence-corrected chi connectivity index (χ2v) is 6.41. The van der Waals surface area contributed by atoms with Crippen LogP contribution in [-0.4, -0.2) is 34.9 Å². The summed E-state index contributed by atoms with van der Waals surface area (Å²) in [6, 6.07) is 8.18. The molecule has 3 heterocycles. The van der Waals surface area contributed by atoms with Crippen LogP contribution in [-0.2, 0) is 4.74 Å². The zero-order chi connectivity index (χ0) is 15.1. The molecule has 3 aromatic rings. The molecule has 4 rings (SSSR count). The highest BCUT2D eigenvalue weighted by atomic mass is 32.1. The Bertz CT molecular complexity index is 767. The first kappa shape index (κ1) is 13.7. The van der Waals surface area contributed by atoms with E-state index in [2.05, 4.69) is 21.1 Å². The largest absolute Gasteiger partial charge is 0.380 e. The maximum absolute atomic E-state index is 5.54. The number of hydrogen-bond donors (Lipinski definition) is 0. The molecular weight excluding hydrogens is 300 g/mol. The van der Waals surface area contributed by atoms with E-state index in [1.54, 1.807) is 18.4 Å². The van der Waals surface area contributed by atoms with Gasteiger partial charge in [0.15, 0.2) is 11.0 Å². The van der Waals surface area contributed by atoms with Gasteiger partial charge in [0, 0.05) is 20.1 Å². The number of thiazole rings is 1. The Morgan fingerprint density at radius 2 is 2.18 bits per heavy atom. The number of aromatic nitrogens is 3. The van der Waals surface area contributed by atoms with Crippen LogP contribution in [0.2, 0.25) is 0 Å². The number of fused-ring (bicyclic) bond motifs is 1. The van der Waals surface area contributed by atoms with Crippen molar-refractivity contribution in [2.24, 2.45) is 0 Å². The van der Waals surface area contributed by atoms with E-state index in [-0.39, 0.29) is 12.1 Å². The molecule has 1 fully saturated rings. The molecule has 1 aliphatic heterocycles. The monoisotopic (exact) mass is 316 g/mol. The van der Waals surface area contributed by atoms with Crippen LogP contribution in [0.15, 0.2) is 28.8 Å². The third-order valence-corrected chi connectivity index (χ3v) is 5.03. The number of para-hydroxylation sites is 1. The number of aryl methyl sites for hydroxylation is 1. The van der Waals surface area contributed by atoms with Crippen molar-refractivity contribution >= 4 is 26.7 Å². The van der Waals surface area contributed by atoms with Gasteiger partial charge in [-0.1, -0.05) is 28.6 Å². The maximum atomic E-state index is 5.54. The molecule has 2 aromatic heterocycles. The van der Waals surface area contributed by atoms with Crippen molar-refractivity contribution in [3.63, 3.8) is 0 Å². The average molecular weight is 316 g/mol. The predicted octanol–water partition coefficient (Wildman–Crippen LogP) is 2.95. The molecule has 1 saturated heterocycles. The molecule has 0 unspecified atom stereocenters. The summed E-state index contributed by atoms with van der Waals surface area (Å²) < 4.78 is 12.1. The zero-order valence-corrected chi connectivity index (χ0v) is 13.2. The van der Waals surface area contributed by atoms with Crippen LogP contribution in [0, 0.1) is 6.92 Å². The molecule has 1 aromatic carbocycles. The van der Waals surface area contributed by atoms with E-state index < -0.39 is 0 Å². The number of rotatable bonds is 3. The summed E-state index contributed by atoms with van der Waals surface area (Å²) in [7, 11) is 1.74. The number of anilines is 1. The topological polar surface area (TPSA) is 64.3 Å². The molecule has 2 atom stereocenters. The molecule has 114 valence electrons. The van der Waals surface area contributed by atoms with Gasteiger partial charge >= 0.3 is 0 Å². The minimum atomic E-state index is 0.0201. The molecule has 0 bridgehead atoms. The zero-order valence-electron chi connectivity index (χ0n) is 12.4. The van der Waals surface area contributed by atoms with Crippen molar-refractivity contribution in [1.29, 1.82) is 0 Å². The predicted molar refractivity (Wildman–Crippen MR) is 84.2 cm³/mol. The summed E-state index contributed by atoms with van der Waals surface area (Å²) in [5.41, 5.74) is 1.02. The standard InChI is InChI=1S/C15H16N4O2S/c1-9-16-14(21-18-9)12-7-10(20-2)8-19(12)15-17-11-5-3-4-6-13(11)22-15/h3-6,10,12H,7-8H2,1-2H3/t10-,12+/m0/s1. The first-order chi connectivity index (χ1) is 10.7. The fraction of sp³-hybridized carbons (Fsp3) is 0.400. The molecule has 7 heteroatoms. The van der Waals surface area contributed by atoms with Gasteiger partial charge in [-0.3, -0.25) is 0 Å². The molecule has 0 N–H and O–H groups in total. The molecule has 22 heavy (non-hydrogen) atoms. The number of benzene rings is 1. The van der Waals surface area contributed by atoms with Crippen molar-refractivity contribution in [3.8, 4) is 0 Å². The van der Waals surface area contributed by atoms with Gasteiger partial charge in [0.05, 0.1) is 16.3 Å². The van der Waals surface area contributed by atoms with Crippen molar-refractivity contribution in [1.82, 2.24) is 15.1 Å². The van der Waals surface area contributed by atoms with E-state index in [0.717, 1.165) is 23.6 Å². The van der Waals surface area contributed by atoms with Gasteiger partial charge in [-0.25, -0.2) is 4.98 Å². The summed E-state index contributed by atoms with van der Waals surface area (Å²) in [5.74, 6) is 1.29. The molecule has 0 radical (unpaired) electrons. The van der Waals surface area contributed by atoms with Crippen molar-refractivity contribution in [2.45, 2.75) is 25.5 Å². The Balaban J connectivity index is 1.73. The van der Waals surface area contributed by atoms with Gasteiger partial charge in [-0.05, 0) is 19.1 Å². The van der Waals surface area contributed by atoms with Gasteiger partial charge in [-0.15, -0.1) is 0 Å². The molecule has 6 nitrogen and oxygen atoms in total. The Hall–Kier alpha value is -1.99. The van der Waals surface area contributed by atoms with E-state index in [9.17, 15) is 0 Å². The van der Waals surface area contributed by atoms with Crippen LogP contribution in [0.4, 0.5) is 5.13 Å². The summed E-state index contributed by atoms with van der Waals surface area (Å²) in [6.45, 7) is 2.61. The molecule has 0 saturated carbocycles. The van der Waals surface area contributed by atoms with E-state index in [1.807, 2.05) is 25.1 Å². The lowest BCUT2D eigenvalue weighted by Crippen LogP contribution is -2.24. The third kappa shape index (κ3) is 2.26. The van der Waals surface area contributed by atoms with E-state index in [1.165, 1.54) is 4.70 Å². The summed E-state index contributed by atoms with van der Waals surface area (Å²) in [6.07, 6.45) is 0.970. The van der Waals surface area contributed by atoms with Gasteiger partial charge in [0.2, 0.25) is 5.89 Å². The third-order valence-electron chi connectivity index (χ3n) is 3.95. The fourth-order valence-corrected chi connectivity index (χ4v) is 3.87. The van der Waals surface area contributed by atoms with Gasteiger partial charge in [0.1, 0.15) is 6.04 Å². The molecule has 0 aliphatic carbocycles. The lowest BCUT2D eigenvalue weighted by atomic mass is 10.2. The van der Waals surface area contributed by atoms with E-state index in [4.69, 9.17) is 14.2 Å². The van der Waals surface area contributed by atoms with Crippen LogP contribution < -0.4 is 4.90 Å². The minimum Gasteiger partial charge on any atom is -0.380 e. The summed E-state index contributed by atoms with van der Waals surface area (Å²) in [4.78, 5) is 11.4. The van der Waals surface area contributed by atoms with Crippen molar-refractivity contribution in [3.05, 3.63) is 36.0 Å². The number of hydrogen-bond acceptors (Lipinski definition) is 7. The molecule has 0 spiro atoms. The first-order valence-corrected chi connectivity index (χ1v) is 8.01. The Morgan fingerprint density at radius 1 is 1.32 bits per heavy atom. The smallest absolute Gasteiger partial charge is 0.249 e. The van der Waals surface area contributed by atoms with Gasteiger partial charge < -0.3 is 14.2 Å². The van der Waals surface area contributed by atoms with Crippen LogP contribution >= 0.6 is 11.3 Å². The molecular formula is C15H16N4O2S. The van der Waals surface area contributed by atoms with Crippen LogP contribution in [0.25, 0.3) is 10.2 Å². The van der Waals surface area contributed by atoms with Crippen molar-refractivity contribution < 1.29 is 9.26 Å². The maximum Gasteiger partial charge on any atom is 0.249 e. The fourth-order valence-electron chi connectivity index (χ4n) is 2.85. The summed E-state index contributed by atoms with van der Waals surface area (Å²) >= 11 is 1.68. The van der Waals surface area contributed by atoms with E-state index in [0.29, 0.717) is 11.7 Å². The Morgan fingerprint density at radius 3 is 2.91 bits per heavy atom. The minimum absolute atomic E-state index is 0.0201. The highest BCUT2D eigenvalue weighted by Crippen LogP contribution is 2.39. The molecule has 0 amide bonds. The Kier molecular flexibility index (Phi) is 3.31. The van der Waals surface area contributed by atoms with Crippen LogP contribution in [0.1, 0.15) is 24.2 Å².